The van der Waals surface area contributed by atoms with Crippen LogP contribution in [0.15, 0.2) is 48.7 Å². The van der Waals surface area contributed by atoms with Gasteiger partial charge in [-0.3, -0.25) is 9.78 Å². The first-order valence-electron chi connectivity index (χ1n) is 11.8. The third-order valence-corrected chi connectivity index (χ3v) is 7.07. The highest BCUT2D eigenvalue weighted by Gasteiger charge is 2.47. The summed E-state index contributed by atoms with van der Waals surface area (Å²) >= 11 is 0. The molecule has 1 unspecified atom stereocenters. The van der Waals surface area contributed by atoms with Crippen molar-refractivity contribution in [2.75, 3.05) is 18.1 Å². The number of amides is 1. The minimum absolute atomic E-state index is 0.0198. The van der Waals surface area contributed by atoms with E-state index in [2.05, 4.69) is 18.8 Å². The zero-order valence-electron chi connectivity index (χ0n) is 18.7. The lowest BCUT2D eigenvalue weighted by atomic mass is 9.86. The SMILES string of the molecule is CC[C@H](C)C(N)CN(C(=O)[C@@H]1C[C@H]1c1ccccn1)c1ccc(OCC2CCC2)cc1. The van der Waals surface area contributed by atoms with Gasteiger partial charge in [0.05, 0.1) is 6.61 Å². The first-order chi connectivity index (χ1) is 15.1. The normalized spacial score (nSPS) is 22.3. The third-order valence-electron chi connectivity index (χ3n) is 7.07. The Morgan fingerprint density at radius 1 is 1.23 bits per heavy atom. The largest absolute Gasteiger partial charge is 0.493 e. The standard InChI is InChI=1S/C26H35N3O2/c1-3-18(2)24(27)16-29(26(30)23-15-22(23)25-9-4-5-14-28-25)20-10-12-21(13-11-20)31-17-19-7-6-8-19/h4-5,9-14,18-19,22-24H,3,6-8,15-17,27H2,1-2H3/t18-,22+,23+,24?/m0/s1. The molecule has 2 fully saturated rings. The van der Waals surface area contributed by atoms with Crippen LogP contribution >= 0.6 is 0 Å². The number of ether oxygens (including phenoxy) is 1. The highest BCUT2D eigenvalue weighted by Crippen LogP contribution is 2.48. The van der Waals surface area contributed by atoms with Crippen LogP contribution in [0.4, 0.5) is 5.69 Å². The van der Waals surface area contributed by atoms with Gasteiger partial charge in [-0.15, -0.1) is 0 Å². The van der Waals surface area contributed by atoms with E-state index in [9.17, 15) is 4.79 Å². The zero-order chi connectivity index (χ0) is 21.8. The summed E-state index contributed by atoms with van der Waals surface area (Å²) in [5.74, 6) is 2.26. The third kappa shape index (κ3) is 5.27. The number of carbonyl (C=O) groups excluding carboxylic acids is 1. The number of nitrogens with two attached hydrogens (primary N) is 1. The van der Waals surface area contributed by atoms with Crippen LogP contribution in [0, 0.1) is 17.8 Å². The van der Waals surface area contributed by atoms with Gasteiger partial charge < -0.3 is 15.4 Å². The Kier molecular flexibility index (Phi) is 6.91. The molecule has 2 aromatic rings. The van der Waals surface area contributed by atoms with Gasteiger partial charge in [-0.1, -0.05) is 32.8 Å². The maximum Gasteiger partial charge on any atom is 0.230 e. The molecule has 31 heavy (non-hydrogen) atoms. The van der Waals surface area contributed by atoms with Crippen molar-refractivity contribution in [3.05, 3.63) is 54.4 Å². The van der Waals surface area contributed by atoms with Crippen LogP contribution in [0.25, 0.3) is 0 Å². The molecule has 4 atom stereocenters. The summed E-state index contributed by atoms with van der Waals surface area (Å²) in [6, 6.07) is 13.8. The maximum atomic E-state index is 13.5. The zero-order valence-corrected chi connectivity index (χ0v) is 18.7. The van der Waals surface area contributed by atoms with E-state index in [1.807, 2.05) is 47.4 Å². The maximum absolute atomic E-state index is 13.5. The number of rotatable bonds is 10. The summed E-state index contributed by atoms with van der Waals surface area (Å²) < 4.78 is 5.94. The number of hydrogen-bond donors (Lipinski definition) is 1. The number of nitrogens with zero attached hydrogens (tertiary/aromatic N) is 2. The highest BCUT2D eigenvalue weighted by molar-refractivity contribution is 5.97. The van der Waals surface area contributed by atoms with Crippen LogP contribution in [0.3, 0.4) is 0 Å². The van der Waals surface area contributed by atoms with Crippen LogP contribution in [0.2, 0.25) is 0 Å². The van der Waals surface area contributed by atoms with Crippen molar-refractivity contribution >= 4 is 11.6 Å². The van der Waals surface area contributed by atoms with Crippen LogP contribution in [-0.4, -0.2) is 30.1 Å². The van der Waals surface area contributed by atoms with Crippen LogP contribution in [0.1, 0.15) is 57.6 Å². The van der Waals surface area contributed by atoms with Gasteiger partial charge in [-0.2, -0.15) is 0 Å². The molecule has 2 N–H and O–H groups in total. The van der Waals surface area contributed by atoms with E-state index in [-0.39, 0.29) is 23.8 Å². The van der Waals surface area contributed by atoms with E-state index in [1.54, 1.807) is 6.20 Å². The molecule has 2 aliphatic carbocycles. The van der Waals surface area contributed by atoms with Crippen molar-refractivity contribution in [1.82, 2.24) is 4.98 Å². The summed E-state index contributed by atoms with van der Waals surface area (Å²) in [7, 11) is 0. The monoisotopic (exact) mass is 421 g/mol. The molecular weight excluding hydrogens is 386 g/mol. The molecule has 2 saturated carbocycles. The number of pyridine rings is 1. The van der Waals surface area contributed by atoms with Crippen LogP contribution < -0.4 is 15.4 Å². The Balaban J connectivity index is 1.46. The van der Waals surface area contributed by atoms with Gasteiger partial charge in [0.15, 0.2) is 0 Å². The van der Waals surface area contributed by atoms with E-state index < -0.39 is 0 Å². The van der Waals surface area contributed by atoms with Crippen molar-refractivity contribution < 1.29 is 9.53 Å². The Labute approximate surface area is 186 Å². The number of aromatic nitrogens is 1. The fraction of sp³-hybridized carbons (Fsp3) is 0.538. The quantitative estimate of drug-likeness (QED) is 0.600. The lowest BCUT2D eigenvalue weighted by molar-refractivity contribution is -0.120. The number of benzene rings is 1. The molecule has 1 amide bonds. The van der Waals surface area contributed by atoms with Gasteiger partial charge in [0.2, 0.25) is 5.91 Å². The summed E-state index contributed by atoms with van der Waals surface area (Å²) in [4.78, 5) is 19.8. The fourth-order valence-electron chi connectivity index (χ4n) is 4.20. The topological polar surface area (TPSA) is 68.5 Å². The van der Waals surface area contributed by atoms with Gasteiger partial charge in [0, 0.05) is 42.0 Å². The minimum atomic E-state index is -0.0597. The predicted molar refractivity (Wildman–Crippen MR) is 124 cm³/mol. The smallest absolute Gasteiger partial charge is 0.230 e. The molecule has 166 valence electrons. The Morgan fingerprint density at radius 3 is 2.61 bits per heavy atom. The molecule has 2 aliphatic rings. The number of hydrogen-bond acceptors (Lipinski definition) is 4. The summed E-state index contributed by atoms with van der Waals surface area (Å²) in [6.07, 6.45) is 7.51. The van der Waals surface area contributed by atoms with Crippen molar-refractivity contribution in [3.63, 3.8) is 0 Å². The second-order valence-corrected chi connectivity index (χ2v) is 9.30. The lowest BCUT2D eigenvalue weighted by Gasteiger charge is -2.29. The van der Waals surface area contributed by atoms with E-state index in [1.165, 1.54) is 19.3 Å². The van der Waals surface area contributed by atoms with E-state index in [0.717, 1.165) is 36.6 Å². The molecule has 5 heteroatoms. The van der Waals surface area contributed by atoms with E-state index in [4.69, 9.17) is 10.5 Å². The van der Waals surface area contributed by atoms with Gasteiger partial charge in [0.25, 0.3) is 0 Å². The number of carbonyl (C=O) groups is 1. The molecule has 1 aromatic heterocycles. The van der Waals surface area contributed by atoms with Gasteiger partial charge in [-0.25, -0.2) is 0 Å². The number of anilines is 1. The van der Waals surface area contributed by atoms with E-state index in [0.29, 0.717) is 18.4 Å². The molecular formula is C26H35N3O2. The molecule has 4 rings (SSSR count). The summed E-state index contributed by atoms with van der Waals surface area (Å²) in [6.45, 7) is 5.61. The van der Waals surface area contributed by atoms with Crippen molar-refractivity contribution in [2.45, 2.75) is 57.9 Å². The average Bonchev–Trinajstić information content (AvgIpc) is 3.57. The summed E-state index contributed by atoms with van der Waals surface area (Å²) in [5, 5.41) is 0. The second-order valence-electron chi connectivity index (χ2n) is 9.30. The molecule has 5 nitrogen and oxygen atoms in total. The lowest BCUT2D eigenvalue weighted by Crippen LogP contribution is -2.45. The average molecular weight is 422 g/mol. The van der Waals surface area contributed by atoms with Gasteiger partial charge in [0.1, 0.15) is 5.75 Å². The Bertz CT molecular complexity index is 851. The fourth-order valence-corrected chi connectivity index (χ4v) is 4.20. The van der Waals surface area contributed by atoms with Crippen LogP contribution in [0.5, 0.6) is 5.75 Å². The molecule has 0 spiro atoms. The Morgan fingerprint density at radius 2 is 2.00 bits per heavy atom. The van der Waals surface area contributed by atoms with Gasteiger partial charge >= 0.3 is 0 Å². The molecule has 0 aliphatic heterocycles. The van der Waals surface area contributed by atoms with Crippen molar-refractivity contribution in [3.8, 4) is 5.75 Å². The molecule has 0 bridgehead atoms. The highest BCUT2D eigenvalue weighted by atomic mass is 16.5. The molecule has 0 saturated heterocycles. The Hall–Kier alpha value is -2.40. The first kappa shape index (κ1) is 21.8. The predicted octanol–water partition coefficient (Wildman–Crippen LogP) is 4.77. The van der Waals surface area contributed by atoms with Crippen molar-refractivity contribution in [2.24, 2.45) is 23.5 Å². The molecule has 1 aromatic carbocycles. The molecule has 0 radical (unpaired) electrons. The van der Waals surface area contributed by atoms with Crippen molar-refractivity contribution in [1.29, 1.82) is 0 Å². The second kappa shape index (κ2) is 9.82. The van der Waals surface area contributed by atoms with Crippen LogP contribution in [-0.2, 0) is 4.79 Å². The minimum Gasteiger partial charge on any atom is -0.493 e. The van der Waals surface area contributed by atoms with Gasteiger partial charge in [-0.05, 0) is 67.5 Å². The summed E-state index contributed by atoms with van der Waals surface area (Å²) in [5.41, 5.74) is 8.37. The first-order valence-corrected chi connectivity index (χ1v) is 11.8. The molecule has 1 heterocycles. The van der Waals surface area contributed by atoms with E-state index >= 15 is 0 Å².